The van der Waals surface area contributed by atoms with Crippen LogP contribution in [0.1, 0.15) is 25.5 Å². The normalized spacial score (nSPS) is 10.7. The predicted molar refractivity (Wildman–Crippen MR) is 147 cm³/mol. The molecule has 0 bridgehead atoms. The van der Waals surface area contributed by atoms with Crippen molar-refractivity contribution in [3.8, 4) is 22.9 Å². The first-order valence-electron chi connectivity index (χ1n) is 11.6. The fraction of sp³-hybridized carbons (Fsp3) is 0.192. The number of urea groups is 1. The van der Waals surface area contributed by atoms with Crippen molar-refractivity contribution in [3.05, 3.63) is 76.5 Å². The number of halogens is 2. The number of methoxy groups -OCH3 is 1. The molecule has 0 fully saturated rings. The summed E-state index contributed by atoms with van der Waals surface area (Å²) in [6.45, 7) is 2.12. The van der Waals surface area contributed by atoms with Crippen molar-refractivity contribution in [2.24, 2.45) is 0 Å². The number of hydrogen-bond acceptors (Lipinski definition) is 6. The molecule has 0 atom stereocenters. The Balaban J connectivity index is 1.52. The summed E-state index contributed by atoms with van der Waals surface area (Å²) in [5, 5.41) is 10.5. The molecule has 4 aromatic rings. The second-order valence-corrected chi connectivity index (χ2v) is 8.83. The molecule has 2 aromatic carbocycles. The molecule has 0 unspecified atom stereocenters. The summed E-state index contributed by atoms with van der Waals surface area (Å²) in [6, 6.07) is 15.1. The van der Waals surface area contributed by atoms with E-state index in [0.717, 1.165) is 36.4 Å². The SMILES string of the molecule is CCCCc1cc(NC(=O)Nc2ccc(Oc3ccnc(N)c3)c(Cl)c2Cl)n(-c2ccc(OC)cc2)n1. The maximum Gasteiger partial charge on any atom is 0.324 e. The van der Waals surface area contributed by atoms with E-state index >= 15 is 0 Å². The van der Waals surface area contributed by atoms with Gasteiger partial charge in [0.1, 0.15) is 33.9 Å². The van der Waals surface area contributed by atoms with E-state index < -0.39 is 6.03 Å². The summed E-state index contributed by atoms with van der Waals surface area (Å²) in [4.78, 5) is 16.9. The van der Waals surface area contributed by atoms with Crippen molar-refractivity contribution in [1.82, 2.24) is 14.8 Å². The monoisotopic (exact) mass is 540 g/mol. The molecule has 4 rings (SSSR count). The van der Waals surface area contributed by atoms with Crippen LogP contribution in [-0.4, -0.2) is 27.9 Å². The number of nitrogen functional groups attached to an aromatic ring is 1. The van der Waals surface area contributed by atoms with E-state index in [1.165, 1.54) is 6.20 Å². The Morgan fingerprint density at radius 1 is 1.03 bits per heavy atom. The molecule has 0 spiro atoms. The number of nitrogens with two attached hydrogens (primary N) is 1. The fourth-order valence-corrected chi connectivity index (χ4v) is 3.92. The van der Waals surface area contributed by atoms with Crippen LogP contribution in [0.5, 0.6) is 17.2 Å². The van der Waals surface area contributed by atoms with Gasteiger partial charge in [0.2, 0.25) is 0 Å². The standard InChI is InChI=1S/C26H26Cl2N6O3/c1-3-4-5-16-14-23(34(33-16)17-6-8-18(36-2)9-7-17)32-26(35)31-20-10-11-21(25(28)24(20)27)37-19-12-13-30-22(29)15-19/h6-15H,3-5H2,1-2H3,(H2,29,30)(H2,31,32,35). The molecule has 2 aromatic heterocycles. The molecule has 0 saturated heterocycles. The van der Waals surface area contributed by atoms with Gasteiger partial charge in [-0.15, -0.1) is 0 Å². The number of rotatable bonds is 9. The van der Waals surface area contributed by atoms with Crippen molar-refractivity contribution in [3.63, 3.8) is 0 Å². The minimum atomic E-state index is -0.509. The van der Waals surface area contributed by atoms with Crippen LogP contribution in [-0.2, 0) is 6.42 Å². The zero-order valence-corrected chi connectivity index (χ0v) is 21.8. The maximum atomic E-state index is 12.9. The highest BCUT2D eigenvalue weighted by atomic mass is 35.5. The number of hydrogen-bond donors (Lipinski definition) is 3. The quantitative estimate of drug-likeness (QED) is 0.211. The summed E-state index contributed by atoms with van der Waals surface area (Å²) in [6.07, 6.45) is 4.33. The number of carbonyl (C=O) groups is 1. The number of ether oxygens (including phenoxy) is 2. The van der Waals surface area contributed by atoms with Crippen LogP contribution in [0.3, 0.4) is 0 Å². The lowest BCUT2D eigenvalue weighted by atomic mass is 10.2. The highest BCUT2D eigenvalue weighted by molar-refractivity contribution is 6.45. The second kappa shape index (κ2) is 11.9. The molecule has 37 heavy (non-hydrogen) atoms. The van der Waals surface area contributed by atoms with Crippen LogP contribution in [0.15, 0.2) is 60.8 Å². The number of benzene rings is 2. The predicted octanol–water partition coefficient (Wildman–Crippen LogP) is 6.94. The van der Waals surface area contributed by atoms with Crippen molar-refractivity contribution in [2.45, 2.75) is 26.2 Å². The van der Waals surface area contributed by atoms with Gasteiger partial charge in [-0.1, -0.05) is 36.5 Å². The maximum absolute atomic E-state index is 12.9. The lowest BCUT2D eigenvalue weighted by Crippen LogP contribution is -2.21. The average Bonchev–Trinajstić information content (AvgIpc) is 3.29. The number of amides is 2. The summed E-state index contributed by atoms with van der Waals surface area (Å²) >= 11 is 12.9. The van der Waals surface area contributed by atoms with E-state index in [-0.39, 0.29) is 10.0 Å². The smallest absolute Gasteiger partial charge is 0.324 e. The van der Waals surface area contributed by atoms with Gasteiger partial charge in [-0.3, -0.25) is 5.32 Å². The van der Waals surface area contributed by atoms with E-state index in [1.54, 1.807) is 36.1 Å². The number of aromatic nitrogens is 3. The Morgan fingerprint density at radius 2 is 1.81 bits per heavy atom. The van der Waals surface area contributed by atoms with E-state index in [1.807, 2.05) is 30.3 Å². The third kappa shape index (κ3) is 6.44. The lowest BCUT2D eigenvalue weighted by Gasteiger charge is -2.14. The summed E-state index contributed by atoms with van der Waals surface area (Å²) < 4.78 is 12.7. The first kappa shape index (κ1) is 26.1. The van der Waals surface area contributed by atoms with Gasteiger partial charge in [0.15, 0.2) is 0 Å². The third-order valence-electron chi connectivity index (χ3n) is 5.38. The molecule has 11 heteroatoms. The number of carbonyl (C=O) groups excluding carboxylic acids is 1. The molecule has 0 saturated carbocycles. The van der Waals surface area contributed by atoms with E-state index in [2.05, 4.69) is 27.6 Å². The van der Waals surface area contributed by atoms with Gasteiger partial charge >= 0.3 is 6.03 Å². The molecule has 192 valence electrons. The summed E-state index contributed by atoms with van der Waals surface area (Å²) in [5.74, 6) is 2.30. The second-order valence-electron chi connectivity index (χ2n) is 8.07. The van der Waals surface area contributed by atoms with Crippen molar-refractivity contribution >= 4 is 46.6 Å². The average molecular weight is 541 g/mol. The first-order chi connectivity index (χ1) is 17.9. The van der Waals surface area contributed by atoms with Crippen LogP contribution in [0.25, 0.3) is 5.69 Å². The summed E-state index contributed by atoms with van der Waals surface area (Å²) in [5.41, 5.74) is 7.65. The molecule has 0 radical (unpaired) electrons. The van der Waals surface area contributed by atoms with Crippen LogP contribution in [0, 0.1) is 0 Å². The van der Waals surface area contributed by atoms with Gasteiger partial charge in [0, 0.05) is 18.3 Å². The van der Waals surface area contributed by atoms with Gasteiger partial charge in [-0.05, 0) is 55.3 Å². The number of anilines is 3. The lowest BCUT2D eigenvalue weighted by molar-refractivity contribution is 0.262. The first-order valence-corrected chi connectivity index (χ1v) is 12.3. The highest BCUT2D eigenvalue weighted by Crippen LogP contribution is 2.39. The minimum Gasteiger partial charge on any atom is -0.497 e. The molecular weight excluding hydrogens is 515 g/mol. The molecule has 4 N–H and O–H groups in total. The Bertz CT molecular complexity index is 1390. The number of nitrogens with zero attached hydrogens (tertiary/aromatic N) is 3. The molecule has 2 heterocycles. The Hall–Kier alpha value is -3.95. The van der Waals surface area contributed by atoms with Gasteiger partial charge in [-0.25, -0.2) is 14.5 Å². The molecule has 2 amide bonds. The highest BCUT2D eigenvalue weighted by Gasteiger charge is 2.17. The van der Waals surface area contributed by atoms with Crippen molar-refractivity contribution in [1.29, 1.82) is 0 Å². The van der Waals surface area contributed by atoms with Gasteiger partial charge in [-0.2, -0.15) is 5.10 Å². The topological polar surface area (TPSA) is 116 Å². The Kier molecular flexibility index (Phi) is 8.37. The number of nitrogens with one attached hydrogen (secondary N) is 2. The summed E-state index contributed by atoms with van der Waals surface area (Å²) in [7, 11) is 1.61. The van der Waals surface area contributed by atoms with E-state index in [0.29, 0.717) is 28.8 Å². The zero-order chi connectivity index (χ0) is 26.4. The van der Waals surface area contributed by atoms with Gasteiger partial charge < -0.3 is 20.5 Å². The van der Waals surface area contributed by atoms with E-state index in [9.17, 15) is 4.79 Å². The van der Waals surface area contributed by atoms with Crippen molar-refractivity contribution < 1.29 is 14.3 Å². The minimum absolute atomic E-state index is 0.128. The molecule has 0 aliphatic rings. The number of aryl methyl sites for hydroxylation is 1. The fourth-order valence-electron chi connectivity index (χ4n) is 3.51. The molecule has 0 aliphatic carbocycles. The van der Waals surface area contributed by atoms with Gasteiger partial charge in [0.05, 0.1) is 29.2 Å². The van der Waals surface area contributed by atoms with Crippen LogP contribution in [0.4, 0.5) is 22.1 Å². The third-order valence-corrected chi connectivity index (χ3v) is 6.25. The van der Waals surface area contributed by atoms with Crippen LogP contribution < -0.4 is 25.8 Å². The van der Waals surface area contributed by atoms with E-state index in [4.69, 9.17) is 38.4 Å². The zero-order valence-electron chi connectivity index (χ0n) is 20.3. The Labute approximate surface area is 224 Å². The number of unbranched alkanes of at least 4 members (excludes halogenated alkanes) is 1. The number of pyridine rings is 1. The Morgan fingerprint density at radius 3 is 2.51 bits per heavy atom. The molecule has 9 nitrogen and oxygen atoms in total. The largest absolute Gasteiger partial charge is 0.497 e. The van der Waals surface area contributed by atoms with Crippen molar-refractivity contribution in [2.75, 3.05) is 23.5 Å². The van der Waals surface area contributed by atoms with Crippen LogP contribution in [0.2, 0.25) is 10.0 Å². The molecular formula is C26H26Cl2N6O3. The van der Waals surface area contributed by atoms with Crippen LogP contribution >= 0.6 is 23.2 Å². The van der Waals surface area contributed by atoms with Gasteiger partial charge in [0.25, 0.3) is 0 Å². The molecule has 0 aliphatic heterocycles.